The monoisotopic (exact) mass is 256 g/mol. The van der Waals surface area contributed by atoms with Crippen LogP contribution in [0.4, 0.5) is 0 Å². The Morgan fingerprint density at radius 1 is 1.44 bits per heavy atom. The van der Waals surface area contributed by atoms with Gasteiger partial charge in [0.15, 0.2) is 0 Å². The van der Waals surface area contributed by atoms with Crippen molar-refractivity contribution in [2.75, 3.05) is 32.8 Å². The highest BCUT2D eigenvalue weighted by Gasteiger charge is 2.58. The van der Waals surface area contributed by atoms with Crippen LogP contribution in [-0.2, 0) is 9.47 Å². The van der Waals surface area contributed by atoms with E-state index in [-0.39, 0.29) is 11.0 Å². The average molecular weight is 256 g/mol. The first-order valence-electron chi connectivity index (χ1n) is 7.13. The number of nitrogens with zero attached hydrogens (tertiary/aromatic N) is 1. The van der Waals surface area contributed by atoms with E-state index in [2.05, 4.69) is 32.6 Å². The smallest absolute Gasteiger partial charge is 0.0674 e. The van der Waals surface area contributed by atoms with E-state index in [0.717, 1.165) is 39.3 Å². The van der Waals surface area contributed by atoms with Crippen LogP contribution in [-0.4, -0.2) is 55.5 Å². The van der Waals surface area contributed by atoms with Crippen LogP contribution in [0, 0.1) is 5.41 Å². The summed E-state index contributed by atoms with van der Waals surface area (Å²) in [7, 11) is 0. The van der Waals surface area contributed by atoms with Crippen LogP contribution < -0.4 is 5.73 Å². The van der Waals surface area contributed by atoms with E-state index in [0.29, 0.717) is 12.2 Å². The van der Waals surface area contributed by atoms with Gasteiger partial charge in [0.25, 0.3) is 0 Å². The highest BCUT2D eigenvalue weighted by atomic mass is 16.5. The lowest BCUT2D eigenvalue weighted by Crippen LogP contribution is -2.74. The number of morpholine rings is 1. The van der Waals surface area contributed by atoms with Crippen LogP contribution in [0.25, 0.3) is 0 Å². The molecule has 2 rings (SSSR count). The first kappa shape index (κ1) is 14.3. The molecular weight excluding hydrogens is 228 g/mol. The lowest BCUT2D eigenvalue weighted by atomic mass is 9.54. The molecule has 2 N–H and O–H groups in total. The maximum Gasteiger partial charge on any atom is 0.0674 e. The molecule has 3 unspecified atom stereocenters. The summed E-state index contributed by atoms with van der Waals surface area (Å²) in [4.78, 5) is 2.44. The molecule has 0 aromatic rings. The van der Waals surface area contributed by atoms with Crippen molar-refractivity contribution in [1.82, 2.24) is 4.90 Å². The lowest BCUT2D eigenvalue weighted by Gasteiger charge is -2.60. The Bertz CT molecular complexity index is 296. The van der Waals surface area contributed by atoms with Crippen molar-refractivity contribution in [2.24, 2.45) is 11.1 Å². The number of rotatable bonds is 4. The quantitative estimate of drug-likeness (QED) is 0.822. The fraction of sp³-hybridized carbons (Fsp3) is 1.00. The van der Waals surface area contributed by atoms with E-state index in [9.17, 15) is 0 Å². The number of hydrogen-bond donors (Lipinski definition) is 1. The van der Waals surface area contributed by atoms with Crippen LogP contribution >= 0.6 is 0 Å². The molecule has 1 aliphatic heterocycles. The van der Waals surface area contributed by atoms with Gasteiger partial charge in [-0.1, -0.05) is 13.8 Å². The molecule has 0 aromatic carbocycles. The Kier molecular flexibility index (Phi) is 4.02. The summed E-state index contributed by atoms with van der Waals surface area (Å²) in [5.74, 6) is 0. The van der Waals surface area contributed by atoms with Crippen molar-refractivity contribution in [3.05, 3.63) is 0 Å². The SMILES string of the molecule is CCOC1CC(N)(CN2CCOC(C)C2)C1(C)C. The molecule has 0 radical (unpaired) electrons. The third-order valence-electron chi connectivity index (χ3n) is 4.84. The van der Waals surface area contributed by atoms with Crippen LogP contribution in [0.3, 0.4) is 0 Å². The molecule has 0 amide bonds. The van der Waals surface area contributed by atoms with E-state index in [1.807, 2.05) is 0 Å². The molecule has 1 saturated carbocycles. The minimum Gasteiger partial charge on any atom is -0.378 e. The summed E-state index contributed by atoms with van der Waals surface area (Å²) >= 11 is 0. The van der Waals surface area contributed by atoms with Gasteiger partial charge >= 0.3 is 0 Å². The van der Waals surface area contributed by atoms with Crippen molar-refractivity contribution < 1.29 is 9.47 Å². The van der Waals surface area contributed by atoms with Gasteiger partial charge in [0.1, 0.15) is 0 Å². The summed E-state index contributed by atoms with van der Waals surface area (Å²) in [6.07, 6.45) is 1.61. The second-order valence-corrected chi connectivity index (χ2v) is 6.44. The Hall–Kier alpha value is -0.160. The van der Waals surface area contributed by atoms with Gasteiger partial charge in [-0.3, -0.25) is 4.90 Å². The minimum atomic E-state index is -0.121. The van der Waals surface area contributed by atoms with E-state index < -0.39 is 0 Å². The molecule has 18 heavy (non-hydrogen) atoms. The highest BCUT2D eigenvalue weighted by Crippen LogP contribution is 2.50. The third-order valence-corrected chi connectivity index (χ3v) is 4.84. The molecule has 0 bridgehead atoms. The van der Waals surface area contributed by atoms with Crippen molar-refractivity contribution in [2.45, 2.75) is 51.9 Å². The summed E-state index contributed by atoms with van der Waals surface area (Å²) in [5, 5.41) is 0. The van der Waals surface area contributed by atoms with Crippen LogP contribution in [0.1, 0.15) is 34.1 Å². The topological polar surface area (TPSA) is 47.7 Å². The van der Waals surface area contributed by atoms with Gasteiger partial charge in [-0.05, 0) is 20.3 Å². The van der Waals surface area contributed by atoms with E-state index in [1.54, 1.807) is 0 Å². The molecule has 0 aromatic heterocycles. The van der Waals surface area contributed by atoms with Crippen LogP contribution in [0.15, 0.2) is 0 Å². The third kappa shape index (κ3) is 2.44. The fourth-order valence-corrected chi connectivity index (χ4v) is 3.21. The molecule has 1 aliphatic carbocycles. The van der Waals surface area contributed by atoms with Gasteiger partial charge in [0, 0.05) is 37.2 Å². The second-order valence-electron chi connectivity index (χ2n) is 6.44. The molecular formula is C14H28N2O2. The fourth-order valence-electron chi connectivity index (χ4n) is 3.21. The summed E-state index contributed by atoms with van der Waals surface area (Å²) < 4.78 is 11.4. The van der Waals surface area contributed by atoms with Crippen LogP contribution in [0.5, 0.6) is 0 Å². The Labute approximate surface area is 111 Å². The van der Waals surface area contributed by atoms with Crippen molar-refractivity contribution >= 4 is 0 Å². The van der Waals surface area contributed by atoms with Gasteiger partial charge in [-0.25, -0.2) is 0 Å². The summed E-state index contributed by atoms with van der Waals surface area (Å²) in [5.41, 5.74) is 6.55. The molecule has 1 saturated heterocycles. The molecule has 106 valence electrons. The predicted molar refractivity (Wildman–Crippen MR) is 72.6 cm³/mol. The van der Waals surface area contributed by atoms with Gasteiger partial charge in [-0.2, -0.15) is 0 Å². The number of ether oxygens (including phenoxy) is 2. The zero-order valence-corrected chi connectivity index (χ0v) is 12.2. The van der Waals surface area contributed by atoms with Gasteiger partial charge in [0.2, 0.25) is 0 Å². The van der Waals surface area contributed by atoms with E-state index in [4.69, 9.17) is 15.2 Å². The van der Waals surface area contributed by atoms with Crippen LogP contribution in [0.2, 0.25) is 0 Å². The van der Waals surface area contributed by atoms with Gasteiger partial charge < -0.3 is 15.2 Å². The zero-order valence-electron chi connectivity index (χ0n) is 12.2. The zero-order chi connectivity index (χ0) is 13.4. The molecule has 0 spiro atoms. The maximum atomic E-state index is 6.62. The van der Waals surface area contributed by atoms with Crippen molar-refractivity contribution in [3.63, 3.8) is 0 Å². The first-order chi connectivity index (χ1) is 8.39. The average Bonchev–Trinajstić information content (AvgIpc) is 2.28. The standard InChI is InChI=1S/C14H28N2O2/c1-5-17-12-8-14(15,13(12,3)4)10-16-6-7-18-11(2)9-16/h11-12H,5-10,15H2,1-4H3. The van der Waals surface area contributed by atoms with E-state index in [1.165, 1.54) is 0 Å². The van der Waals surface area contributed by atoms with Gasteiger partial charge in [0.05, 0.1) is 18.8 Å². The number of nitrogens with two attached hydrogens (primary N) is 1. The normalized spacial score (nSPS) is 40.5. The lowest BCUT2D eigenvalue weighted by molar-refractivity contribution is -0.161. The molecule has 3 atom stereocenters. The molecule has 2 aliphatic rings. The highest BCUT2D eigenvalue weighted by molar-refractivity contribution is 5.14. The van der Waals surface area contributed by atoms with Crippen molar-refractivity contribution in [1.29, 1.82) is 0 Å². The van der Waals surface area contributed by atoms with Gasteiger partial charge in [-0.15, -0.1) is 0 Å². The second kappa shape index (κ2) is 5.08. The molecule has 4 nitrogen and oxygen atoms in total. The Balaban J connectivity index is 1.93. The molecule has 1 heterocycles. The Morgan fingerprint density at radius 2 is 2.17 bits per heavy atom. The maximum absolute atomic E-state index is 6.62. The Morgan fingerprint density at radius 3 is 2.72 bits per heavy atom. The molecule has 2 fully saturated rings. The largest absolute Gasteiger partial charge is 0.378 e. The number of hydrogen-bond acceptors (Lipinski definition) is 4. The van der Waals surface area contributed by atoms with Crippen molar-refractivity contribution in [3.8, 4) is 0 Å². The van der Waals surface area contributed by atoms with E-state index >= 15 is 0 Å². The molecule has 4 heteroatoms. The first-order valence-corrected chi connectivity index (χ1v) is 7.13. The summed E-state index contributed by atoms with van der Waals surface area (Å²) in [6, 6.07) is 0. The predicted octanol–water partition coefficient (Wildman–Crippen LogP) is 1.24. The minimum absolute atomic E-state index is 0.0601. The summed E-state index contributed by atoms with van der Waals surface area (Å²) in [6.45, 7) is 13.2.